The Morgan fingerprint density at radius 1 is 0.645 bits per heavy atom. The molecule has 5 nitrogen and oxygen atoms in total. The van der Waals surface area contributed by atoms with Crippen molar-refractivity contribution in [2.75, 3.05) is 0 Å². The summed E-state index contributed by atoms with van der Waals surface area (Å²) in [4.78, 5) is 34.4. The zero-order chi connectivity index (χ0) is 23.2. The first-order valence-corrected chi connectivity index (χ1v) is 13.1. The molecule has 0 aliphatic rings. The second kappa shape index (κ2) is 21.8. The second-order valence-electron chi connectivity index (χ2n) is 9.14. The lowest BCUT2D eigenvalue weighted by atomic mass is 10.0. The lowest BCUT2D eigenvalue weighted by Gasteiger charge is -2.15. The first-order valence-electron chi connectivity index (χ1n) is 13.1. The van der Waals surface area contributed by atoms with Crippen LogP contribution in [0.1, 0.15) is 142 Å². The highest BCUT2D eigenvalue weighted by Gasteiger charge is 2.17. The Hall–Kier alpha value is -1.39. The van der Waals surface area contributed by atoms with Gasteiger partial charge in [-0.25, -0.2) is 0 Å². The summed E-state index contributed by atoms with van der Waals surface area (Å²) in [5.41, 5.74) is 5.12. The van der Waals surface area contributed by atoms with Crippen molar-refractivity contribution < 1.29 is 14.4 Å². The average molecular weight is 439 g/mol. The number of hydrogen-bond donors (Lipinski definition) is 2. The van der Waals surface area contributed by atoms with Crippen LogP contribution in [0.15, 0.2) is 0 Å². The number of nitrogens with one attached hydrogen (secondary N) is 1. The number of hydrogen-bond acceptors (Lipinski definition) is 3. The first kappa shape index (κ1) is 29.6. The molecule has 1 unspecified atom stereocenters. The number of primary amides is 1. The molecule has 0 fully saturated rings. The number of unbranched alkanes of at least 4 members (excludes halogenated alkanes) is 16. The van der Waals surface area contributed by atoms with E-state index in [2.05, 4.69) is 12.2 Å². The van der Waals surface area contributed by atoms with Crippen LogP contribution >= 0.6 is 0 Å². The van der Waals surface area contributed by atoms with Gasteiger partial charge in [0.1, 0.15) is 0 Å². The van der Waals surface area contributed by atoms with E-state index in [0.717, 1.165) is 12.8 Å². The predicted octanol–water partition coefficient (Wildman–Crippen LogP) is 6.37. The summed E-state index contributed by atoms with van der Waals surface area (Å²) in [6.45, 7) is 3.70. The van der Waals surface area contributed by atoms with Gasteiger partial charge in [-0.1, -0.05) is 110 Å². The Kier molecular flexibility index (Phi) is 20.8. The number of carbonyl (C=O) groups excluding carboxylic acids is 3. The fourth-order valence-corrected chi connectivity index (χ4v) is 3.94. The number of carbonyl (C=O) groups is 3. The highest BCUT2D eigenvalue weighted by atomic mass is 16.2. The molecule has 0 saturated heterocycles. The van der Waals surface area contributed by atoms with Crippen molar-refractivity contribution >= 4 is 17.6 Å². The van der Waals surface area contributed by atoms with Gasteiger partial charge in [0.15, 0.2) is 5.78 Å². The molecule has 0 bridgehead atoms. The molecule has 0 rings (SSSR count). The van der Waals surface area contributed by atoms with E-state index < -0.39 is 11.9 Å². The van der Waals surface area contributed by atoms with Crippen LogP contribution in [0.4, 0.5) is 0 Å². The number of amides is 2. The molecule has 0 heterocycles. The lowest BCUT2D eigenvalue weighted by Crippen LogP contribution is -2.40. The van der Waals surface area contributed by atoms with E-state index in [0.29, 0.717) is 6.42 Å². The largest absolute Gasteiger partial charge is 0.370 e. The van der Waals surface area contributed by atoms with Gasteiger partial charge in [-0.15, -0.1) is 0 Å². The molecule has 0 aromatic carbocycles. The molecule has 0 aromatic heterocycles. The number of ketones is 1. The maximum atomic E-state index is 12.0. The number of Topliss-reactive ketones (excluding diaryl/α,β-unsaturated/α-hetero) is 1. The molecule has 1 atom stereocenters. The quantitative estimate of drug-likeness (QED) is 0.182. The van der Waals surface area contributed by atoms with E-state index in [1.54, 1.807) is 0 Å². The van der Waals surface area contributed by atoms with Crippen LogP contribution < -0.4 is 11.1 Å². The van der Waals surface area contributed by atoms with E-state index in [9.17, 15) is 14.4 Å². The molecule has 0 saturated carbocycles. The molecule has 0 radical (unpaired) electrons. The normalized spacial score (nSPS) is 11.9. The third kappa shape index (κ3) is 21.6. The van der Waals surface area contributed by atoms with Gasteiger partial charge >= 0.3 is 0 Å². The molecule has 3 N–H and O–H groups in total. The molecular formula is C26H50N2O3. The van der Waals surface area contributed by atoms with E-state index >= 15 is 0 Å². The minimum atomic E-state index is -0.592. The fourth-order valence-electron chi connectivity index (χ4n) is 3.94. The van der Waals surface area contributed by atoms with Gasteiger partial charge in [0, 0.05) is 12.8 Å². The standard InChI is InChI=1S/C26H50N2O3/c1-3-4-5-6-7-8-9-10-11-12-13-14-15-16-17-18-19-20-26(31)28-24(23(2)29)21-22-25(27)30/h24H,3-22H2,1-2H3,(H2,27,30)(H,28,31). The van der Waals surface area contributed by atoms with Crippen LogP contribution in [0.2, 0.25) is 0 Å². The van der Waals surface area contributed by atoms with E-state index in [-0.39, 0.29) is 24.5 Å². The summed E-state index contributed by atoms with van der Waals surface area (Å²) < 4.78 is 0. The predicted molar refractivity (Wildman–Crippen MR) is 130 cm³/mol. The van der Waals surface area contributed by atoms with Gasteiger partial charge in [0.25, 0.3) is 0 Å². The van der Waals surface area contributed by atoms with Gasteiger partial charge in [-0.3, -0.25) is 14.4 Å². The first-order chi connectivity index (χ1) is 15.0. The topological polar surface area (TPSA) is 89.3 Å². The van der Waals surface area contributed by atoms with Crippen LogP contribution in [0.25, 0.3) is 0 Å². The van der Waals surface area contributed by atoms with Crippen molar-refractivity contribution in [3.63, 3.8) is 0 Å². The third-order valence-corrected chi connectivity index (χ3v) is 6.01. The van der Waals surface area contributed by atoms with Gasteiger partial charge in [-0.2, -0.15) is 0 Å². The highest BCUT2D eigenvalue weighted by Crippen LogP contribution is 2.14. The van der Waals surface area contributed by atoms with Crippen LogP contribution in [0.3, 0.4) is 0 Å². The minimum Gasteiger partial charge on any atom is -0.370 e. The fraction of sp³-hybridized carbons (Fsp3) is 0.885. The number of rotatable bonds is 23. The molecular weight excluding hydrogens is 388 g/mol. The van der Waals surface area contributed by atoms with Gasteiger partial charge in [0.05, 0.1) is 6.04 Å². The van der Waals surface area contributed by atoms with Gasteiger partial charge in [-0.05, 0) is 19.8 Å². The summed E-state index contributed by atoms with van der Waals surface area (Å²) in [5, 5.41) is 2.73. The van der Waals surface area contributed by atoms with Crippen molar-refractivity contribution in [2.45, 2.75) is 148 Å². The Balaban J connectivity index is 3.41. The van der Waals surface area contributed by atoms with Gasteiger partial charge < -0.3 is 11.1 Å². The molecule has 0 spiro atoms. The van der Waals surface area contributed by atoms with Crippen LogP contribution in [-0.4, -0.2) is 23.6 Å². The highest BCUT2D eigenvalue weighted by molar-refractivity contribution is 5.88. The van der Waals surface area contributed by atoms with E-state index in [1.807, 2.05) is 0 Å². The lowest BCUT2D eigenvalue weighted by molar-refractivity contribution is -0.127. The van der Waals surface area contributed by atoms with Crippen LogP contribution in [0.5, 0.6) is 0 Å². The van der Waals surface area contributed by atoms with Crippen molar-refractivity contribution in [3.8, 4) is 0 Å². The molecule has 31 heavy (non-hydrogen) atoms. The number of nitrogens with two attached hydrogens (primary N) is 1. The van der Waals surface area contributed by atoms with Crippen molar-refractivity contribution in [1.29, 1.82) is 0 Å². The second-order valence-corrected chi connectivity index (χ2v) is 9.14. The molecule has 0 aliphatic carbocycles. The Morgan fingerprint density at radius 2 is 1.03 bits per heavy atom. The Labute approximate surface area is 191 Å². The van der Waals surface area contributed by atoms with Crippen molar-refractivity contribution in [2.24, 2.45) is 5.73 Å². The van der Waals surface area contributed by atoms with Crippen molar-refractivity contribution in [3.05, 3.63) is 0 Å². The van der Waals surface area contributed by atoms with Crippen LogP contribution in [-0.2, 0) is 14.4 Å². The maximum Gasteiger partial charge on any atom is 0.220 e. The Bertz CT molecular complexity index is 466. The monoisotopic (exact) mass is 438 g/mol. The van der Waals surface area contributed by atoms with E-state index in [1.165, 1.54) is 103 Å². The summed E-state index contributed by atoms with van der Waals surface area (Å²) in [5.74, 6) is -0.684. The summed E-state index contributed by atoms with van der Waals surface area (Å²) >= 11 is 0. The summed E-state index contributed by atoms with van der Waals surface area (Å²) in [6, 6.07) is -0.592. The molecule has 182 valence electrons. The minimum absolute atomic E-state index is 0.106. The molecule has 0 aliphatic heterocycles. The summed E-state index contributed by atoms with van der Waals surface area (Å²) in [7, 11) is 0. The molecule has 0 aromatic rings. The van der Waals surface area contributed by atoms with E-state index in [4.69, 9.17) is 5.73 Å². The zero-order valence-electron chi connectivity index (χ0n) is 20.5. The smallest absolute Gasteiger partial charge is 0.220 e. The SMILES string of the molecule is CCCCCCCCCCCCCCCCCCCC(=O)NC(CCC(N)=O)C(C)=O. The van der Waals surface area contributed by atoms with Gasteiger partial charge in [0.2, 0.25) is 11.8 Å². The Morgan fingerprint density at radius 3 is 1.39 bits per heavy atom. The third-order valence-electron chi connectivity index (χ3n) is 6.01. The summed E-state index contributed by atoms with van der Waals surface area (Å²) in [6.07, 6.45) is 23.2. The molecule has 2 amide bonds. The zero-order valence-corrected chi connectivity index (χ0v) is 20.5. The molecule has 5 heteroatoms. The van der Waals surface area contributed by atoms with Crippen molar-refractivity contribution in [1.82, 2.24) is 5.32 Å². The average Bonchev–Trinajstić information content (AvgIpc) is 2.73. The maximum absolute atomic E-state index is 12.0. The van der Waals surface area contributed by atoms with Crippen LogP contribution in [0, 0.1) is 0 Å².